The molecule has 1 atom stereocenters. The quantitative estimate of drug-likeness (QED) is 0.911. The Labute approximate surface area is 150 Å². The molecule has 1 aliphatic carbocycles. The number of carbonyl (C=O) groups is 1. The summed E-state index contributed by atoms with van der Waals surface area (Å²) in [6.45, 7) is 2.92. The Morgan fingerprint density at radius 3 is 2.68 bits per heavy atom. The van der Waals surface area contributed by atoms with Gasteiger partial charge in [0.05, 0.1) is 12.2 Å². The molecule has 25 heavy (non-hydrogen) atoms. The first kappa shape index (κ1) is 17.0. The lowest BCUT2D eigenvalue weighted by Gasteiger charge is -2.29. The fourth-order valence-corrected chi connectivity index (χ4v) is 4.93. The van der Waals surface area contributed by atoms with Gasteiger partial charge in [-0.25, -0.2) is 4.68 Å². The number of amides is 1. The largest absolute Gasteiger partial charge is 0.334 e. The Bertz CT molecular complexity index is 574. The second kappa shape index (κ2) is 7.85. The zero-order valence-electron chi connectivity index (χ0n) is 15.2. The van der Waals surface area contributed by atoms with E-state index in [1.807, 2.05) is 10.9 Å². The Morgan fingerprint density at radius 2 is 1.88 bits per heavy atom. The molecule has 2 saturated heterocycles. The molecule has 138 valence electrons. The van der Waals surface area contributed by atoms with E-state index in [1.54, 1.807) is 0 Å². The van der Waals surface area contributed by atoms with E-state index in [1.165, 1.54) is 38.5 Å². The summed E-state index contributed by atoms with van der Waals surface area (Å²) < 4.78 is 1.92. The van der Waals surface area contributed by atoms with Crippen LogP contribution in [-0.4, -0.2) is 51.5 Å². The summed E-state index contributed by atoms with van der Waals surface area (Å²) in [5.74, 6) is 0.913. The number of carbonyl (C=O) groups excluding carboxylic acids is 1. The molecule has 0 aromatic carbocycles. The maximum Gasteiger partial charge on any atom is 0.276 e. The number of nitrogens with zero attached hydrogens (tertiary/aromatic N) is 4. The summed E-state index contributed by atoms with van der Waals surface area (Å²) in [5, 5.41) is 11.8. The first-order chi connectivity index (χ1) is 12.3. The molecule has 1 unspecified atom stereocenters. The van der Waals surface area contributed by atoms with E-state index in [0.29, 0.717) is 17.8 Å². The average molecular weight is 345 g/mol. The van der Waals surface area contributed by atoms with Gasteiger partial charge in [0, 0.05) is 12.6 Å². The summed E-state index contributed by atoms with van der Waals surface area (Å²) >= 11 is 0. The van der Waals surface area contributed by atoms with E-state index < -0.39 is 0 Å². The Morgan fingerprint density at radius 1 is 1.08 bits per heavy atom. The molecule has 1 saturated carbocycles. The molecule has 3 fully saturated rings. The fraction of sp³-hybridized carbons (Fsp3) is 0.842. The molecule has 6 nitrogen and oxygen atoms in total. The maximum absolute atomic E-state index is 13.0. The lowest BCUT2D eigenvalue weighted by molar-refractivity contribution is 0.0705. The monoisotopic (exact) mass is 345 g/mol. The van der Waals surface area contributed by atoms with Gasteiger partial charge in [-0.3, -0.25) is 4.79 Å². The predicted octanol–water partition coefficient (Wildman–Crippen LogP) is 2.78. The average Bonchev–Trinajstić information content (AvgIpc) is 3.32. The van der Waals surface area contributed by atoms with Gasteiger partial charge < -0.3 is 10.2 Å². The minimum Gasteiger partial charge on any atom is -0.334 e. The van der Waals surface area contributed by atoms with E-state index in [4.69, 9.17) is 0 Å². The van der Waals surface area contributed by atoms with E-state index in [-0.39, 0.29) is 5.91 Å². The van der Waals surface area contributed by atoms with Crippen LogP contribution < -0.4 is 5.32 Å². The van der Waals surface area contributed by atoms with Crippen molar-refractivity contribution in [1.29, 1.82) is 0 Å². The van der Waals surface area contributed by atoms with Crippen LogP contribution in [0.5, 0.6) is 0 Å². The van der Waals surface area contributed by atoms with Crippen molar-refractivity contribution in [3.05, 3.63) is 11.9 Å². The van der Waals surface area contributed by atoms with Crippen LogP contribution in [0.1, 0.15) is 80.7 Å². The van der Waals surface area contributed by atoms with Gasteiger partial charge in [0.25, 0.3) is 5.91 Å². The topological polar surface area (TPSA) is 63.1 Å². The van der Waals surface area contributed by atoms with Crippen molar-refractivity contribution in [3.63, 3.8) is 0 Å². The number of rotatable bonds is 4. The van der Waals surface area contributed by atoms with Crippen LogP contribution in [0.25, 0.3) is 0 Å². The van der Waals surface area contributed by atoms with E-state index >= 15 is 0 Å². The lowest BCUT2D eigenvalue weighted by Crippen LogP contribution is -2.37. The molecule has 0 spiro atoms. The SMILES string of the molecule is O=C(c1cn(C2CCNCC2)nn1)N1CCCC1CC1CCCCC1. The minimum atomic E-state index is 0.0958. The van der Waals surface area contributed by atoms with Crippen LogP contribution in [0.2, 0.25) is 0 Å². The summed E-state index contributed by atoms with van der Waals surface area (Å²) in [6.07, 6.45) is 14.3. The van der Waals surface area contributed by atoms with Crippen molar-refractivity contribution in [2.75, 3.05) is 19.6 Å². The van der Waals surface area contributed by atoms with Crippen LogP contribution >= 0.6 is 0 Å². The van der Waals surface area contributed by atoms with Crippen LogP contribution in [0, 0.1) is 5.92 Å². The molecule has 6 heteroatoms. The Balaban J connectivity index is 1.39. The van der Waals surface area contributed by atoms with Crippen molar-refractivity contribution in [3.8, 4) is 0 Å². The van der Waals surface area contributed by atoms with Crippen LogP contribution in [0.3, 0.4) is 0 Å². The molecule has 1 aromatic heterocycles. The second-order valence-corrected chi connectivity index (χ2v) is 8.10. The molecule has 1 aromatic rings. The highest BCUT2D eigenvalue weighted by atomic mass is 16.2. The minimum absolute atomic E-state index is 0.0958. The van der Waals surface area contributed by atoms with Gasteiger partial charge in [-0.15, -0.1) is 5.10 Å². The van der Waals surface area contributed by atoms with Crippen molar-refractivity contribution in [2.24, 2.45) is 5.92 Å². The van der Waals surface area contributed by atoms with Crippen LogP contribution in [-0.2, 0) is 0 Å². The Hall–Kier alpha value is -1.43. The molecule has 1 amide bonds. The molecular formula is C19H31N5O. The lowest BCUT2D eigenvalue weighted by atomic mass is 9.84. The highest BCUT2D eigenvalue weighted by Crippen LogP contribution is 2.32. The summed E-state index contributed by atoms with van der Waals surface area (Å²) in [5.41, 5.74) is 0.536. The van der Waals surface area contributed by atoms with Gasteiger partial charge in [0.15, 0.2) is 5.69 Å². The van der Waals surface area contributed by atoms with Gasteiger partial charge >= 0.3 is 0 Å². The first-order valence-electron chi connectivity index (χ1n) is 10.2. The highest BCUT2D eigenvalue weighted by molar-refractivity contribution is 5.92. The van der Waals surface area contributed by atoms with Gasteiger partial charge in [-0.2, -0.15) is 0 Å². The third-order valence-corrected chi connectivity index (χ3v) is 6.38. The van der Waals surface area contributed by atoms with Crippen LogP contribution in [0.4, 0.5) is 0 Å². The number of likely N-dealkylation sites (tertiary alicyclic amines) is 1. The normalized spacial score (nSPS) is 26.2. The van der Waals surface area contributed by atoms with Crippen molar-refractivity contribution < 1.29 is 4.79 Å². The van der Waals surface area contributed by atoms with Crippen LogP contribution in [0.15, 0.2) is 6.20 Å². The standard InChI is InChI=1S/C19H31N5O/c25-19(18-14-24(22-21-18)16-8-10-20-11-9-16)23-12-4-7-17(23)13-15-5-2-1-3-6-15/h14-17,20H,1-13H2. The molecule has 2 aliphatic heterocycles. The molecule has 4 rings (SSSR count). The zero-order valence-corrected chi connectivity index (χ0v) is 15.2. The molecule has 3 aliphatic rings. The number of hydrogen-bond acceptors (Lipinski definition) is 4. The molecule has 0 radical (unpaired) electrons. The summed E-state index contributed by atoms with van der Waals surface area (Å²) in [6, 6.07) is 0.798. The third-order valence-electron chi connectivity index (χ3n) is 6.38. The predicted molar refractivity (Wildman–Crippen MR) is 96.4 cm³/mol. The van der Waals surface area contributed by atoms with Gasteiger partial charge in [0.2, 0.25) is 0 Å². The van der Waals surface area contributed by atoms with Gasteiger partial charge in [-0.05, 0) is 51.1 Å². The van der Waals surface area contributed by atoms with Gasteiger partial charge in [-0.1, -0.05) is 37.3 Å². The second-order valence-electron chi connectivity index (χ2n) is 8.10. The Kier molecular flexibility index (Phi) is 5.34. The number of nitrogens with one attached hydrogen (secondary N) is 1. The summed E-state index contributed by atoms with van der Waals surface area (Å²) in [4.78, 5) is 15.1. The highest BCUT2D eigenvalue weighted by Gasteiger charge is 2.33. The zero-order chi connectivity index (χ0) is 17.1. The smallest absolute Gasteiger partial charge is 0.276 e. The first-order valence-corrected chi connectivity index (χ1v) is 10.2. The van der Waals surface area contributed by atoms with Crippen molar-refractivity contribution >= 4 is 5.91 Å². The number of piperidine rings is 1. The van der Waals surface area contributed by atoms with E-state index in [2.05, 4.69) is 20.5 Å². The van der Waals surface area contributed by atoms with Gasteiger partial charge in [0.1, 0.15) is 0 Å². The molecular weight excluding hydrogens is 314 g/mol. The maximum atomic E-state index is 13.0. The third kappa shape index (κ3) is 3.89. The molecule has 0 bridgehead atoms. The van der Waals surface area contributed by atoms with Crippen molar-refractivity contribution in [1.82, 2.24) is 25.2 Å². The van der Waals surface area contributed by atoms with E-state index in [0.717, 1.165) is 51.2 Å². The summed E-state index contributed by atoms with van der Waals surface area (Å²) in [7, 11) is 0. The molecule has 1 N–H and O–H groups in total. The fourth-order valence-electron chi connectivity index (χ4n) is 4.93. The van der Waals surface area contributed by atoms with Crippen molar-refractivity contribution in [2.45, 2.75) is 76.3 Å². The number of aromatic nitrogens is 3. The van der Waals surface area contributed by atoms with E-state index in [9.17, 15) is 4.79 Å². The number of hydrogen-bond donors (Lipinski definition) is 1. The molecule has 3 heterocycles.